The highest BCUT2D eigenvalue weighted by molar-refractivity contribution is 6.31. The van der Waals surface area contributed by atoms with Crippen LogP contribution in [0.1, 0.15) is 56.8 Å². The Bertz CT molecular complexity index is 1230. The van der Waals surface area contributed by atoms with Gasteiger partial charge in [0.2, 0.25) is 0 Å². The van der Waals surface area contributed by atoms with E-state index in [1.165, 1.54) is 11.2 Å². The van der Waals surface area contributed by atoms with Crippen LogP contribution in [0, 0.1) is 0 Å². The smallest absolute Gasteiger partial charge is 0.414 e. The molecule has 0 N–H and O–H groups in total. The van der Waals surface area contributed by atoms with Crippen LogP contribution in [0.2, 0.25) is 5.02 Å². The summed E-state index contributed by atoms with van der Waals surface area (Å²) in [5.74, 6) is 0.355. The van der Waals surface area contributed by atoms with E-state index in [1.54, 1.807) is 53.7 Å². The summed E-state index contributed by atoms with van der Waals surface area (Å²) in [5, 5.41) is 4.56. The van der Waals surface area contributed by atoms with E-state index in [-0.39, 0.29) is 25.1 Å². The predicted octanol–water partition coefficient (Wildman–Crippen LogP) is 5.23. The molecule has 3 aromatic rings. The number of benzene rings is 1. The quantitative estimate of drug-likeness (QED) is 0.338. The second-order valence-corrected chi connectivity index (χ2v) is 10.9. The fourth-order valence-corrected chi connectivity index (χ4v) is 4.81. The van der Waals surface area contributed by atoms with Crippen LogP contribution in [0.5, 0.6) is 5.75 Å². The summed E-state index contributed by atoms with van der Waals surface area (Å²) in [6, 6.07) is 8.67. The van der Waals surface area contributed by atoms with Gasteiger partial charge in [0.25, 0.3) is 5.91 Å². The molecule has 1 aromatic carbocycles. The van der Waals surface area contributed by atoms with Gasteiger partial charge in [-0.05, 0) is 63.9 Å². The molecule has 10 nitrogen and oxygen atoms in total. The summed E-state index contributed by atoms with van der Waals surface area (Å²) in [6.07, 6.45) is 10.0. The zero-order chi connectivity index (χ0) is 27.8. The number of hydrogen-bond donors (Lipinski definition) is 0. The van der Waals surface area contributed by atoms with E-state index in [0.29, 0.717) is 35.1 Å². The molecule has 0 spiro atoms. The minimum absolute atomic E-state index is 0.0958. The topological polar surface area (TPSA) is 103 Å². The van der Waals surface area contributed by atoms with Crippen LogP contribution in [0.4, 0.5) is 10.5 Å². The van der Waals surface area contributed by atoms with E-state index in [9.17, 15) is 9.59 Å². The molecule has 0 atom stereocenters. The Kier molecular flexibility index (Phi) is 9.40. The molecule has 0 bridgehead atoms. The van der Waals surface area contributed by atoms with Crippen molar-refractivity contribution in [3.8, 4) is 5.75 Å². The summed E-state index contributed by atoms with van der Waals surface area (Å²) in [4.78, 5) is 38.0. The SMILES string of the molecule is CC(C)(C)OC(=O)N(CCOc1cc(Cl)cc(C(=O)N(CCn2cncn2)C2CCCC2)c1)c1ccncc1. The molecular weight excluding hydrogens is 520 g/mol. The molecule has 0 radical (unpaired) electrons. The number of halogens is 1. The first kappa shape index (κ1) is 28.4. The van der Waals surface area contributed by atoms with Gasteiger partial charge in [-0.3, -0.25) is 19.4 Å². The maximum atomic E-state index is 13.7. The van der Waals surface area contributed by atoms with Gasteiger partial charge in [-0.25, -0.2) is 9.78 Å². The molecule has 2 amide bonds. The maximum Gasteiger partial charge on any atom is 0.414 e. The zero-order valence-corrected chi connectivity index (χ0v) is 23.4. The number of anilines is 1. The van der Waals surface area contributed by atoms with Crippen molar-refractivity contribution in [2.45, 2.75) is 64.6 Å². The Balaban J connectivity index is 1.45. The minimum atomic E-state index is -0.648. The van der Waals surface area contributed by atoms with Crippen molar-refractivity contribution >= 4 is 29.3 Å². The van der Waals surface area contributed by atoms with Gasteiger partial charge in [-0.1, -0.05) is 24.4 Å². The van der Waals surface area contributed by atoms with Crippen LogP contribution in [0.25, 0.3) is 0 Å². The highest BCUT2D eigenvalue weighted by Crippen LogP contribution is 2.28. The first-order chi connectivity index (χ1) is 18.7. The number of ether oxygens (including phenoxy) is 2. The third-order valence-electron chi connectivity index (χ3n) is 6.35. The molecule has 0 unspecified atom stereocenters. The first-order valence-corrected chi connectivity index (χ1v) is 13.5. The Labute approximate surface area is 233 Å². The van der Waals surface area contributed by atoms with Crippen molar-refractivity contribution in [3.63, 3.8) is 0 Å². The number of nitrogens with zero attached hydrogens (tertiary/aromatic N) is 6. The molecule has 208 valence electrons. The Morgan fingerprint density at radius 3 is 2.49 bits per heavy atom. The fraction of sp³-hybridized carbons (Fsp3) is 0.464. The van der Waals surface area contributed by atoms with E-state index in [1.807, 2.05) is 25.7 Å². The van der Waals surface area contributed by atoms with Crippen LogP contribution in [0.15, 0.2) is 55.4 Å². The highest BCUT2D eigenvalue weighted by Gasteiger charge is 2.28. The van der Waals surface area contributed by atoms with Crippen LogP contribution in [0.3, 0.4) is 0 Å². The van der Waals surface area contributed by atoms with Gasteiger partial charge < -0.3 is 14.4 Å². The number of rotatable bonds is 10. The van der Waals surface area contributed by atoms with Gasteiger partial charge in [0.05, 0.1) is 18.8 Å². The molecule has 1 saturated carbocycles. The molecule has 4 rings (SSSR count). The summed E-state index contributed by atoms with van der Waals surface area (Å²) < 4.78 is 13.3. The minimum Gasteiger partial charge on any atom is -0.492 e. The molecule has 1 fully saturated rings. The average Bonchev–Trinajstić information content (AvgIpc) is 3.61. The second kappa shape index (κ2) is 12.9. The van der Waals surface area contributed by atoms with Crippen LogP contribution >= 0.6 is 11.6 Å². The lowest BCUT2D eigenvalue weighted by atomic mass is 10.1. The monoisotopic (exact) mass is 554 g/mol. The van der Waals surface area contributed by atoms with Crippen LogP contribution in [-0.2, 0) is 11.3 Å². The van der Waals surface area contributed by atoms with Crippen molar-refractivity contribution in [2.24, 2.45) is 0 Å². The summed E-state index contributed by atoms with van der Waals surface area (Å²) in [6.45, 7) is 6.91. The molecule has 2 heterocycles. The molecule has 1 aliphatic rings. The standard InChI is InChI=1S/C28H35ClN6O4/c1-28(2,3)39-27(37)35(24-8-10-30-11-9-24)14-15-38-25-17-21(16-22(29)18-25)26(36)34(23-6-4-5-7-23)13-12-33-20-31-19-32-33/h8-11,16-20,23H,4-7,12-15H2,1-3H3. The van der Waals surface area contributed by atoms with E-state index >= 15 is 0 Å². The van der Waals surface area contributed by atoms with Gasteiger partial charge in [-0.2, -0.15) is 5.10 Å². The Morgan fingerprint density at radius 1 is 1.08 bits per heavy atom. The van der Waals surface area contributed by atoms with Crippen LogP contribution in [-0.4, -0.2) is 68.0 Å². The summed E-state index contributed by atoms with van der Waals surface area (Å²) in [7, 11) is 0. The molecule has 0 saturated heterocycles. The van der Waals surface area contributed by atoms with Gasteiger partial charge in [0, 0.05) is 35.6 Å². The maximum absolute atomic E-state index is 13.7. The average molecular weight is 555 g/mol. The molecule has 39 heavy (non-hydrogen) atoms. The van der Waals surface area contributed by atoms with Gasteiger partial charge in [0.15, 0.2) is 0 Å². The number of hydrogen-bond acceptors (Lipinski definition) is 7. The van der Waals surface area contributed by atoms with E-state index in [2.05, 4.69) is 15.1 Å². The number of aromatic nitrogens is 4. The largest absolute Gasteiger partial charge is 0.492 e. The van der Waals surface area contributed by atoms with Gasteiger partial charge in [-0.15, -0.1) is 0 Å². The lowest BCUT2D eigenvalue weighted by Gasteiger charge is -2.29. The third kappa shape index (κ3) is 8.16. The van der Waals surface area contributed by atoms with Crippen molar-refractivity contribution in [2.75, 3.05) is 24.6 Å². The van der Waals surface area contributed by atoms with Crippen molar-refractivity contribution < 1.29 is 19.1 Å². The van der Waals surface area contributed by atoms with Crippen molar-refractivity contribution in [3.05, 3.63) is 66.0 Å². The van der Waals surface area contributed by atoms with Crippen molar-refractivity contribution in [1.29, 1.82) is 0 Å². The van der Waals surface area contributed by atoms with Crippen molar-refractivity contribution in [1.82, 2.24) is 24.6 Å². The number of pyridine rings is 1. The van der Waals surface area contributed by atoms with E-state index < -0.39 is 11.7 Å². The molecular formula is C28H35ClN6O4. The van der Waals surface area contributed by atoms with Crippen LogP contribution < -0.4 is 9.64 Å². The number of carbonyl (C=O) groups excluding carboxylic acids is 2. The molecule has 1 aliphatic carbocycles. The summed E-state index contributed by atoms with van der Waals surface area (Å²) in [5.41, 5.74) is 0.454. The molecule has 11 heteroatoms. The Morgan fingerprint density at radius 2 is 1.82 bits per heavy atom. The molecule has 2 aromatic heterocycles. The zero-order valence-electron chi connectivity index (χ0n) is 22.6. The first-order valence-electron chi connectivity index (χ1n) is 13.2. The number of amides is 2. The summed E-state index contributed by atoms with van der Waals surface area (Å²) >= 11 is 6.41. The second-order valence-electron chi connectivity index (χ2n) is 10.5. The van der Waals surface area contributed by atoms with E-state index in [4.69, 9.17) is 21.1 Å². The van der Waals surface area contributed by atoms with Gasteiger partial charge in [0.1, 0.15) is 30.6 Å². The highest BCUT2D eigenvalue weighted by atomic mass is 35.5. The number of carbonyl (C=O) groups is 2. The normalized spacial score (nSPS) is 13.7. The third-order valence-corrected chi connectivity index (χ3v) is 6.57. The molecule has 0 aliphatic heterocycles. The van der Waals surface area contributed by atoms with E-state index in [0.717, 1.165) is 25.7 Å². The predicted molar refractivity (Wildman–Crippen MR) is 148 cm³/mol. The lowest BCUT2D eigenvalue weighted by Crippen LogP contribution is -2.41. The van der Waals surface area contributed by atoms with Gasteiger partial charge >= 0.3 is 6.09 Å². The fourth-order valence-electron chi connectivity index (χ4n) is 4.58. The lowest BCUT2D eigenvalue weighted by molar-refractivity contribution is 0.0574. The Hall–Kier alpha value is -3.66.